The van der Waals surface area contributed by atoms with E-state index in [0.29, 0.717) is 11.4 Å². The van der Waals surface area contributed by atoms with Crippen LogP contribution in [0.1, 0.15) is 97.3 Å². The van der Waals surface area contributed by atoms with Crippen molar-refractivity contribution < 1.29 is 44.7 Å². The molecular weight excluding hydrogens is 630 g/mol. The van der Waals surface area contributed by atoms with Gasteiger partial charge in [0.2, 0.25) is 17.6 Å². The second kappa shape index (κ2) is 12.8. The third kappa shape index (κ3) is 8.51. The number of halogens is 8. The van der Waals surface area contributed by atoms with E-state index in [-0.39, 0.29) is 35.8 Å². The van der Waals surface area contributed by atoms with Crippen molar-refractivity contribution in [3.05, 3.63) is 47.3 Å². The molecular formula is C29H33F8N7O2. The highest BCUT2D eigenvalue weighted by atomic mass is 19.4. The molecule has 46 heavy (non-hydrogen) atoms. The van der Waals surface area contributed by atoms with Gasteiger partial charge in [-0.1, -0.05) is 0 Å². The van der Waals surface area contributed by atoms with Crippen LogP contribution in [0.25, 0.3) is 5.78 Å². The first-order valence-corrected chi connectivity index (χ1v) is 15.0. The molecule has 0 bridgehead atoms. The molecule has 3 heterocycles. The number of nitrogens with zero attached hydrogens (tertiary/aromatic N) is 5. The van der Waals surface area contributed by atoms with Gasteiger partial charge in [-0.3, -0.25) is 18.7 Å². The Labute approximate surface area is 258 Å². The van der Waals surface area contributed by atoms with Gasteiger partial charge >= 0.3 is 12.4 Å². The number of amides is 2. The molecule has 3 aromatic rings. The van der Waals surface area contributed by atoms with Crippen molar-refractivity contribution in [1.82, 2.24) is 34.8 Å². The Kier molecular flexibility index (Phi) is 9.33. The van der Waals surface area contributed by atoms with Crippen LogP contribution in [0.2, 0.25) is 0 Å². The maximum Gasteiger partial charge on any atom is 0.390 e. The molecule has 17 heteroatoms. The number of nitrogens with one attached hydrogen (secondary N) is 2. The smallest absolute Gasteiger partial charge is 0.347 e. The first kappa shape index (κ1) is 33.6. The largest absolute Gasteiger partial charge is 0.390 e. The lowest BCUT2D eigenvalue weighted by molar-refractivity contribution is -0.144. The third-order valence-electron chi connectivity index (χ3n) is 8.52. The number of imidazole rings is 1. The van der Waals surface area contributed by atoms with Gasteiger partial charge in [0.1, 0.15) is 0 Å². The molecule has 2 atom stereocenters. The van der Waals surface area contributed by atoms with Crippen molar-refractivity contribution in [3.8, 4) is 0 Å². The van der Waals surface area contributed by atoms with Gasteiger partial charge in [0.05, 0.1) is 48.1 Å². The summed E-state index contributed by atoms with van der Waals surface area (Å²) in [5.74, 6) is -4.54. The molecule has 0 aromatic carbocycles. The van der Waals surface area contributed by atoms with E-state index >= 15 is 0 Å². The van der Waals surface area contributed by atoms with E-state index in [1.54, 1.807) is 22.9 Å². The minimum absolute atomic E-state index is 0.00421. The Morgan fingerprint density at radius 3 is 2.17 bits per heavy atom. The maximum atomic E-state index is 14.0. The highest BCUT2D eigenvalue weighted by molar-refractivity contribution is 5.95. The molecule has 0 saturated heterocycles. The number of hydrogen-bond acceptors (Lipinski definition) is 5. The highest BCUT2D eigenvalue weighted by Gasteiger charge is 2.40. The Morgan fingerprint density at radius 2 is 1.54 bits per heavy atom. The third-order valence-corrected chi connectivity index (χ3v) is 8.52. The van der Waals surface area contributed by atoms with Gasteiger partial charge in [0.15, 0.2) is 0 Å². The molecule has 0 spiro atoms. The molecule has 3 aromatic heterocycles. The number of carbonyl (C=O) groups excluding carboxylic acids is 2. The number of alkyl halides is 8. The molecule has 2 aliphatic carbocycles. The van der Waals surface area contributed by atoms with Crippen LogP contribution in [-0.2, 0) is 11.3 Å². The Bertz CT molecular complexity index is 1550. The van der Waals surface area contributed by atoms with Gasteiger partial charge in [-0.05, 0) is 50.5 Å². The number of aryl methyl sites for hydroxylation is 1. The van der Waals surface area contributed by atoms with E-state index in [1.165, 1.54) is 6.92 Å². The van der Waals surface area contributed by atoms with Crippen molar-refractivity contribution in [1.29, 1.82) is 0 Å². The zero-order valence-electron chi connectivity index (χ0n) is 24.8. The molecule has 252 valence electrons. The van der Waals surface area contributed by atoms with Gasteiger partial charge in [-0.2, -0.15) is 31.4 Å². The van der Waals surface area contributed by atoms with Crippen LogP contribution in [0.3, 0.4) is 0 Å². The second-order valence-corrected chi connectivity index (χ2v) is 12.1. The van der Waals surface area contributed by atoms with Crippen LogP contribution < -0.4 is 10.6 Å². The molecule has 2 saturated carbocycles. The first-order chi connectivity index (χ1) is 21.5. The summed E-state index contributed by atoms with van der Waals surface area (Å²) in [6, 6.07) is 0.130. The molecule has 0 aliphatic heterocycles. The van der Waals surface area contributed by atoms with E-state index in [2.05, 4.69) is 25.7 Å². The summed E-state index contributed by atoms with van der Waals surface area (Å²) >= 11 is 0. The Balaban J connectivity index is 1.38. The van der Waals surface area contributed by atoms with Gasteiger partial charge < -0.3 is 10.6 Å². The summed E-state index contributed by atoms with van der Waals surface area (Å²) in [4.78, 5) is 34.8. The summed E-state index contributed by atoms with van der Waals surface area (Å²) in [5, 5.41) is 9.41. The monoisotopic (exact) mass is 663 g/mol. The fourth-order valence-corrected chi connectivity index (χ4v) is 5.77. The molecule has 5 rings (SSSR count). The lowest BCUT2D eigenvalue weighted by Crippen LogP contribution is -2.37. The fourth-order valence-electron chi connectivity index (χ4n) is 5.77. The Hall–Kier alpha value is -3.79. The van der Waals surface area contributed by atoms with Gasteiger partial charge in [0, 0.05) is 43.9 Å². The van der Waals surface area contributed by atoms with Crippen LogP contribution in [0.15, 0.2) is 24.7 Å². The summed E-state index contributed by atoms with van der Waals surface area (Å²) < 4.78 is 107. The summed E-state index contributed by atoms with van der Waals surface area (Å²) in [7, 11) is 0. The topological polar surface area (TPSA) is 106 Å². The second-order valence-electron chi connectivity index (χ2n) is 12.1. The number of fused-ring (bicyclic) bond motifs is 1. The Morgan fingerprint density at radius 1 is 0.935 bits per heavy atom. The van der Waals surface area contributed by atoms with Crippen LogP contribution in [0.4, 0.5) is 35.1 Å². The minimum Gasteiger partial charge on any atom is -0.347 e. The highest BCUT2D eigenvalue weighted by Crippen LogP contribution is 2.42. The van der Waals surface area contributed by atoms with Crippen molar-refractivity contribution in [2.24, 2.45) is 11.8 Å². The zero-order chi connectivity index (χ0) is 33.4. The van der Waals surface area contributed by atoms with E-state index < -0.39 is 86.7 Å². The molecule has 2 fully saturated rings. The van der Waals surface area contributed by atoms with Crippen LogP contribution in [0.5, 0.6) is 0 Å². The van der Waals surface area contributed by atoms with Gasteiger partial charge in [0.25, 0.3) is 5.91 Å². The van der Waals surface area contributed by atoms with Crippen molar-refractivity contribution in [2.45, 2.75) is 102 Å². The normalized spacial score (nSPS) is 18.8. The average Bonchev–Trinajstić information content (AvgIpc) is 3.61. The SMILES string of the molecule is Cc1c(C(=O)N[C@H](c2cn3ccc(C(NC(=O)CCC(F)(F)F)C4CC4)nc3n2)C2CCC(F)(F)CC2)cnn1CCC(F)(F)F. The fraction of sp³-hybridized carbons (Fsp3) is 0.621. The van der Waals surface area contributed by atoms with E-state index in [4.69, 9.17) is 0 Å². The van der Waals surface area contributed by atoms with E-state index in [0.717, 1.165) is 23.7 Å². The lowest BCUT2D eigenvalue weighted by atomic mass is 9.81. The standard InChI is InChI=1S/C29H33F8N7O2/c1-16-19(14-38-44(16)13-11-29(35,36)37)25(46)42-24(18-4-8-27(30,31)9-5-18)21-15-43-12-7-20(39-26(43)40-21)23(17-2-3-17)41-22(45)6-10-28(32,33)34/h7,12,14-15,17-18,23-24H,2-6,8-11,13H2,1H3,(H,41,45)(H,42,46)/t23?,24-/m0/s1. The zero-order valence-corrected chi connectivity index (χ0v) is 24.8. The summed E-state index contributed by atoms with van der Waals surface area (Å²) in [6.45, 7) is 0.984. The molecule has 9 nitrogen and oxygen atoms in total. The van der Waals surface area contributed by atoms with Crippen LogP contribution in [0, 0.1) is 18.8 Å². The lowest BCUT2D eigenvalue weighted by Gasteiger charge is -2.33. The molecule has 0 radical (unpaired) electrons. The van der Waals surface area contributed by atoms with Gasteiger partial charge in [-0.25, -0.2) is 18.7 Å². The minimum atomic E-state index is -4.47. The van der Waals surface area contributed by atoms with E-state index in [9.17, 15) is 44.7 Å². The molecule has 1 unspecified atom stereocenters. The van der Waals surface area contributed by atoms with Crippen molar-refractivity contribution in [3.63, 3.8) is 0 Å². The summed E-state index contributed by atoms with van der Waals surface area (Å²) in [6.07, 6.45) is -6.79. The maximum absolute atomic E-state index is 14.0. The molecule has 2 N–H and O–H groups in total. The van der Waals surface area contributed by atoms with Crippen LogP contribution in [-0.4, -0.2) is 54.2 Å². The molecule has 2 aliphatic rings. The number of rotatable bonds is 11. The van der Waals surface area contributed by atoms with Crippen molar-refractivity contribution in [2.75, 3.05) is 0 Å². The van der Waals surface area contributed by atoms with Gasteiger partial charge in [-0.15, -0.1) is 0 Å². The predicted molar refractivity (Wildman–Crippen MR) is 147 cm³/mol. The number of aromatic nitrogens is 5. The van der Waals surface area contributed by atoms with Crippen LogP contribution >= 0.6 is 0 Å². The number of hydrogen-bond donors (Lipinski definition) is 2. The summed E-state index contributed by atoms with van der Waals surface area (Å²) in [5.41, 5.74) is 0.950. The average molecular weight is 664 g/mol. The predicted octanol–water partition coefficient (Wildman–Crippen LogP) is 6.39. The number of carbonyl (C=O) groups is 2. The molecule has 2 amide bonds. The quantitative estimate of drug-likeness (QED) is 0.231. The first-order valence-electron chi connectivity index (χ1n) is 15.0. The van der Waals surface area contributed by atoms with E-state index in [1.807, 2.05) is 0 Å². The van der Waals surface area contributed by atoms with Crippen molar-refractivity contribution >= 4 is 17.6 Å².